The standard InChI is InChI=1S/C14H11ClFNO2/c1-19-12-4-2-3-10(13(12)17)14(18)9-6-5-8(15)7-11(9)16/h2-7H,17H2,1H3. The zero-order valence-corrected chi connectivity index (χ0v) is 10.9. The van der Waals surface area contributed by atoms with Crippen LogP contribution in [0.25, 0.3) is 0 Å². The molecule has 2 aromatic rings. The minimum Gasteiger partial charge on any atom is -0.495 e. The second kappa shape index (κ2) is 5.28. The lowest BCUT2D eigenvalue weighted by Crippen LogP contribution is -2.08. The Hall–Kier alpha value is -2.07. The van der Waals surface area contributed by atoms with E-state index in [0.717, 1.165) is 6.07 Å². The van der Waals surface area contributed by atoms with Crippen molar-refractivity contribution in [2.45, 2.75) is 0 Å². The first-order chi connectivity index (χ1) is 9.04. The van der Waals surface area contributed by atoms with Crippen molar-refractivity contribution in [2.75, 3.05) is 12.8 Å². The summed E-state index contributed by atoms with van der Waals surface area (Å²) in [5, 5.41) is 0.229. The molecule has 0 radical (unpaired) electrons. The van der Waals surface area contributed by atoms with Gasteiger partial charge in [0.25, 0.3) is 0 Å². The molecule has 2 rings (SSSR count). The topological polar surface area (TPSA) is 52.3 Å². The van der Waals surface area contributed by atoms with Crippen LogP contribution in [0.1, 0.15) is 15.9 Å². The molecular weight excluding hydrogens is 269 g/mol. The van der Waals surface area contributed by atoms with Crippen LogP contribution in [0.3, 0.4) is 0 Å². The van der Waals surface area contributed by atoms with Gasteiger partial charge in [-0.25, -0.2) is 4.39 Å². The van der Waals surface area contributed by atoms with E-state index in [1.807, 2.05) is 0 Å². The second-order valence-electron chi connectivity index (χ2n) is 3.87. The van der Waals surface area contributed by atoms with Crippen LogP contribution in [-0.4, -0.2) is 12.9 Å². The van der Waals surface area contributed by atoms with Gasteiger partial charge < -0.3 is 10.5 Å². The fourth-order valence-electron chi connectivity index (χ4n) is 1.74. The molecule has 0 fully saturated rings. The van der Waals surface area contributed by atoms with Gasteiger partial charge in [0, 0.05) is 10.6 Å². The molecule has 0 aliphatic carbocycles. The van der Waals surface area contributed by atoms with E-state index in [1.54, 1.807) is 12.1 Å². The molecule has 0 heterocycles. The maximum Gasteiger partial charge on any atom is 0.198 e. The highest BCUT2D eigenvalue weighted by atomic mass is 35.5. The van der Waals surface area contributed by atoms with E-state index >= 15 is 0 Å². The zero-order valence-electron chi connectivity index (χ0n) is 10.1. The lowest BCUT2D eigenvalue weighted by atomic mass is 10.0. The average Bonchev–Trinajstić information content (AvgIpc) is 2.38. The molecule has 0 aliphatic heterocycles. The fourth-order valence-corrected chi connectivity index (χ4v) is 1.90. The normalized spacial score (nSPS) is 10.3. The molecule has 5 heteroatoms. The number of hydrogen-bond acceptors (Lipinski definition) is 3. The van der Waals surface area contributed by atoms with Gasteiger partial charge in [0.15, 0.2) is 5.78 Å². The summed E-state index contributed by atoms with van der Waals surface area (Å²) >= 11 is 5.65. The smallest absolute Gasteiger partial charge is 0.198 e. The highest BCUT2D eigenvalue weighted by Crippen LogP contribution is 2.27. The number of methoxy groups -OCH3 is 1. The van der Waals surface area contributed by atoms with Gasteiger partial charge in [-0.3, -0.25) is 4.79 Å². The molecule has 0 aromatic heterocycles. The molecule has 0 unspecified atom stereocenters. The van der Waals surface area contributed by atoms with Crippen molar-refractivity contribution in [2.24, 2.45) is 0 Å². The summed E-state index contributed by atoms with van der Waals surface area (Å²) in [5.41, 5.74) is 6.12. The number of hydrogen-bond donors (Lipinski definition) is 1. The van der Waals surface area contributed by atoms with E-state index in [4.69, 9.17) is 22.1 Å². The van der Waals surface area contributed by atoms with Crippen molar-refractivity contribution >= 4 is 23.1 Å². The largest absolute Gasteiger partial charge is 0.495 e. The number of rotatable bonds is 3. The quantitative estimate of drug-likeness (QED) is 0.693. The van der Waals surface area contributed by atoms with E-state index in [0.29, 0.717) is 5.75 Å². The Morgan fingerprint density at radius 2 is 2.00 bits per heavy atom. The molecule has 2 N–H and O–H groups in total. The molecule has 0 amide bonds. The zero-order chi connectivity index (χ0) is 14.0. The van der Waals surface area contributed by atoms with Crippen molar-refractivity contribution < 1.29 is 13.9 Å². The van der Waals surface area contributed by atoms with E-state index < -0.39 is 11.6 Å². The number of nitrogens with two attached hydrogens (primary N) is 1. The number of carbonyl (C=O) groups excluding carboxylic acids is 1. The summed E-state index contributed by atoms with van der Waals surface area (Å²) in [4.78, 5) is 12.2. The number of benzene rings is 2. The van der Waals surface area contributed by atoms with Gasteiger partial charge in [0.05, 0.1) is 18.4 Å². The molecule has 0 aliphatic rings. The summed E-state index contributed by atoms with van der Waals surface area (Å²) < 4.78 is 18.8. The molecule has 0 atom stereocenters. The first kappa shape index (κ1) is 13.4. The minimum atomic E-state index is -0.681. The third-order valence-electron chi connectivity index (χ3n) is 2.71. The Kier molecular flexibility index (Phi) is 3.71. The molecule has 19 heavy (non-hydrogen) atoms. The molecule has 0 saturated carbocycles. The SMILES string of the molecule is COc1cccc(C(=O)c2ccc(Cl)cc2F)c1N. The van der Waals surface area contributed by atoms with Crippen molar-refractivity contribution in [1.82, 2.24) is 0 Å². The molecule has 3 nitrogen and oxygen atoms in total. The van der Waals surface area contributed by atoms with E-state index in [1.165, 1.54) is 25.3 Å². The van der Waals surface area contributed by atoms with Gasteiger partial charge in [0.2, 0.25) is 0 Å². The number of carbonyl (C=O) groups is 1. The Bertz CT molecular complexity index is 643. The van der Waals surface area contributed by atoms with Crippen LogP contribution < -0.4 is 10.5 Å². The number of halogens is 2. The fraction of sp³-hybridized carbons (Fsp3) is 0.0714. The van der Waals surface area contributed by atoms with Gasteiger partial charge in [-0.05, 0) is 30.3 Å². The average molecular weight is 280 g/mol. The van der Waals surface area contributed by atoms with Gasteiger partial charge in [-0.2, -0.15) is 0 Å². The number of para-hydroxylation sites is 1. The number of nitrogen functional groups attached to an aromatic ring is 1. The van der Waals surface area contributed by atoms with Gasteiger partial charge in [0.1, 0.15) is 11.6 Å². The van der Waals surface area contributed by atoms with E-state index in [-0.39, 0.29) is 21.8 Å². The Morgan fingerprint density at radius 3 is 2.63 bits per heavy atom. The predicted molar refractivity (Wildman–Crippen MR) is 72.2 cm³/mol. The van der Waals surface area contributed by atoms with Crippen molar-refractivity contribution in [3.8, 4) is 5.75 Å². The second-order valence-corrected chi connectivity index (χ2v) is 4.31. The number of ether oxygens (including phenoxy) is 1. The minimum absolute atomic E-state index is 0.0793. The Balaban J connectivity index is 2.50. The summed E-state index contributed by atoms with van der Waals surface area (Å²) in [6.07, 6.45) is 0. The van der Waals surface area contributed by atoms with Gasteiger partial charge in [-0.1, -0.05) is 17.7 Å². The third-order valence-corrected chi connectivity index (χ3v) is 2.94. The van der Waals surface area contributed by atoms with Crippen LogP contribution in [0.2, 0.25) is 5.02 Å². The molecule has 0 bridgehead atoms. The number of anilines is 1. The van der Waals surface area contributed by atoms with Crippen LogP contribution in [0.15, 0.2) is 36.4 Å². The van der Waals surface area contributed by atoms with Crippen LogP contribution in [0.5, 0.6) is 5.75 Å². The third kappa shape index (κ3) is 2.53. The summed E-state index contributed by atoms with van der Waals surface area (Å²) in [6, 6.07) is 8.65. The van der Waals surface area contributed by atoms with Crippen LogP contribution in [0.4, 0.5) is 10.1 Å². The van der Waals surface area contributed by atoms with E-state index in [2.05, 4.69) is 0 Å². The maximum absolute atomic E-state index is 13.7. The molecule has 0 spiro atoms. The van der Waals surface area contributed by atoms with Crippen LogP contribution in [-0.2, 0) is 0 Å². The van der Waals surface area contributed by atoms with Gasteiger partial charge in [-0.15, -0.1) is 0 Å². The summed E-state index contributed by atoms with van der Waals surface area (Å²) in [6.45, 7) is 0. The predicted octanol–water partition coefficient (Wildman–Crippen LogP) is 3.30. The Labute approximate surface area is 114 Å². The molecular formula is C14H11ClFNO2. The Morgan fingerprint density at radius 1 is 1.26 bits per heavy atom. The summed E-state index contributed by atoms with van der Waals surface area (Å²) in [7, 11) is 1.45. The van der Waals surface area contributed by atoms with Crippen LogP contribution in [0, 0.1) is 5.82 Å². The first-order valence-corrected chi connectivity index (χ1v) is 5.84. The van der Waals surface area contributed by atoms with Crippen molar-refractivity contribution in [3.63, 3.8) is 0 Å². The number of ketones is 1. The van der Waals surface area contributed by atoms with Crippen molar-refractivity contribution in [3.05, 3.63) is 58.4 Å². The molecule has 98 valence electrons. The maximum atomic E-state index is 13.7. The summed E-state index contributed by atoms with van der Waals surface area (Å²) in [5.74, 6) is -0.814. The molecule has 2 aromatic carbocycles. The highest BCUT2D eigenvalue weighted by Gasteiger charge is 2.18. The first-order valence-electron chi connectivity index (χ1n) is 5.47. The monoisotopic (exact) mass is 279 g/mol. The highest BCUT2D eigenvalue weighted by molar-refractivity contribution is 6.30. The lowest BCUT2D eigenvalue weighted by molar-refractivity contribution is 0.103. The van der Waals surface area contributed by atoms with Crippen molar-refractivity contribution in [1.29, 1.82) is 0 Å². The lowest BCUT2D eigenvalue weighted by Gasteiger charge is -2.09. The van der Waals surface area contributed by atoms with Gasteiger partial charge >= 0.3 is 0 Å². The van der Waals surface area contributed by atoms with E-state index in [9.17, 15) is 9.18 Å². The molecule has 0 saturated heterocycles. The van der Waals surface area contributed by atoms with Crippen LogP contribution >= 0.6 is 11.6 Å².